The molecule has 108 heavy (non-hydrogen) atoms. The van der Waals surface area contributed by atoms with E-state index in [1.54, 1.807) is 0 Å². The number of nitrogens with zero attached hydrogens (tertiary/aromatic N) is 8. The predicted octanol–water partition coefficient (Wildman–Crippen LogP) is 25.7. The Morgan fingerprint density at radius 1 is 0.167 bits per heavy atom. The van der Waals surface area contributed by atoms with Gasteiger partial charge in [-0.05, 0) is 189 Å². The van der Waals surface area contributed by atoms with Crippen molar-refractivity contribution in [3.05, 3.63) is 389 Å². The minimum absolute atomic E-state index is 0.876. The number of para-hydroxylation sites is 4. The standard InChI is InChI=1S/2C50H32N4/c1-2-12-34(13-3-1)44-26-22-38(32-51-44)45-17-10-20-50(52-45)54-47-19-9-7-16-41(47)43-31-37(24-28-49(43)54)36-23-27-48-42(30-36)40-15-6-8-18-46(40)53(48)39-25-21-33-11-4-5-14-35(33)29-39;1-2-11-34(12-3-1)45-24-19-38(31-51-45)46-25-23-40(32-52-46)54-48-17-9-7-15-42(48)44-30-37(21-27-50(44)54)36-20-26-49-43(29-36)41-14-6-8-16-47(41)53(49)39-22-18-33-10-4-5-13-35(33)28-39/h2*1-32H. The van der Waals surface area contributed by atoms with E-state index in [9.17, 15) is 0 Å². The maximum absolute atomic E-state index is 5.20. The van der Waals surface area contributed by atoms with Crippen LogP contribution in [-0.2, 0) is 0 Å². The van der Waals surface area contributed by atoms with Gasteiger partial charge < -0.3 is 13.7 Å². The van der Waals surface area contributed by atoms with Gasteiger partial charge in [0.2, 0.25) is 0 Å². The van der Waals surface area contributed by atoms with Crippen LogP contribution in [0.2, 0.25) is 0 Å². The van der Waals surface area contributed by atoms with E-state index >= 15 is 0 Å². The van der Waals surface area contributed by atoms with Gasteiger partial charge in [0.15, 0.2) is 0 Å². The van der Waals surface area contributed by atoms with E-state index in [1.807, 2.05) is 55.0 Å². The van der Waals surface area contributed by atoms with Gasteiger partial charge in [-0.1, -0.05) is 224 Å². The smallest absolute Gasteiger partial charge is 0.138 e. The Kier molecular flexibility index (Phi) is 14.7. The van der Waals surface area contributed by atoms with Crippen LogP contribution in [-0.4, -0.2) is 38.2 Å². The number of hydrogen-bond donors (Lipinski definition) is 0. The quantitative estimate of drug-likeness (QED) is 0.137. The van der Waals surface area contributed by atoms with Crippen LogP contribution in [0.15, 0.2) is 389 Å². The molecule has 0 spiro atoms. The van der Waals surface area contributed by atoms with Gasteiger partial charge >= 0.3 is 0 Å². The van der Waals surface area contributed by atoms with Crippen LogP contribution in [0.4, 0.5) is 0 Å². The van der Waals surface area contributed by atoms with Crippen LogP contribution in [0.1, 0.15) is 0 Å². The maximum atomic E-state index is 5.20. The number of hydrogen-bond acceptors (Lipinski definition) is 4. The Morgan fingerprint density at radius 2 is 0.491 bits per heavy atom. The van der Waals surface area contributed by atoms with E-state index in [1.165, 1.54) is 120 Å². The fourth-order valence-electron chi connectivity index (χ4n) is 16.4. The second-order valence-corrected chi connectivity index (χ2v) is 27.8. The van der Waals surface area contributed by atoms with E-state index in [0.717, 1.165) is 78.6 Å². The van der Waals surface area contributed by atoms with Crippen molar-refractivity contribution in [3.63, 3.8) is 0 Å². The summed E-state index contributed by atoms with van der Waals surface area (Å²) in [5, 5.41) is 14.8. The van der Waals surface area contributed by atoms with Gasteiger partial charge in [-0.3, -0.25) is 19.5 Å². The Morgan fingerprint density at radius 3 is 0.907 bits per heavy atom. The van der Waals surface area contributed by atoms with Crippen molar-refractivity contribution in [2.24, 2.45) is 0 Å². The summed E-state index contributed by atoms with van der Waals surface area (Å²) in [6, 6.07) is 132. The zero-order chi connectivity index (χ0) is 71.2. The third-order valence-corrected chi connectivity index (χ3v) is 21.6. The van der Waals surface area contributed by atoms with Crippen molar-refractivity contribution >= 4 is 109 Å². The van der Waals surface area contributed by atoms with Crippen molar-refractivity contribution in [1.29, 1.82) is 0 Å². The van der Waals surface area contributed by atoms with Crippen molar-refractivity contribution in [2.75, 3.05) is 0 Å². The first-order valence-electron chi connectivity index (χ1n) is 36.6. The molecule has 22 rings (SSSR count). The monoisotopic (exact) mass is 1380 g/mol. The molecule has 8 heteroatoms. The second kappa shape index (κ2) is 25.7. The minimum Gasteiger partial charge on any atom is -0.309 e. The van der Waals surface area contributed by atoms with Crippen molar-refractivity contribution < 1.29 is 0 Å². The number of pyridine rings is 4. The Labute approximate surface area is 621 Å². The van der Waals surface area contributed by atoms with Crippen molar-refractivity contribution in [2.45, 2.75) is 0 Å². The van der Waals surface area contributed by atoms with Crippen LogP contribution >= 0.6 is 0 Å². The van der Waals surface area contributed by atoms with E-state index < -0.39 is 0 Å². The van der Waals surface area contributed by atoms with Gasteiger partial charge in [-0.15, -0.1) is 0 Å². The lowest BCUT2D eigenvalue weighted by atomic mass is 10.0. The van der Waals surface area contributed by atoms with Crippen molar-refractivity contribution in [3.8, 4) is 90.2 Å². The Bertz CT molecular complexity index is 7270. The highest BCUT2D eigenvalue weighted by Crippen LogP contribution is 2.42. The molecule has 0 atom stereocenters. The highest BCUT2D eigenvalue weighted by Gasteiger charge is 2.21. The maximum Gasteiger partial charge on any atom is 0.138 e. The summed E-state index contributed by atoms with van der Waals surface area (Å²) < 4.78 is 9.40. The fourth-order valence-corrected chi connectivity index (χ4v) is 16.4. The third-order valence-electron chi connectivity index (χ3n) is 21.6. The summed E-state index contributed by atoms with van der Waals surface area (Å²) in [6.07, 6.45) is 5.80. The van der Waals surface area contributed by atoms with E-state index in [4.69, 9.17) is 19.9 Å². The zero-order valence-corrected chi connectivity index (χ0v) is 58.5. The first-order chi connectivity index (χ1) is 53.5. The average Bonchev–Trinajstić information content (AvgIpc) is 1.60. The molecular weight excluding hydrogens is 1310 g/mol. The average molecular weight is 1380 g/mol. The molecule has 8 nitrogen and oxygen atoms in total. The van der Waals surface area contributed by atoms with Gasteiger partial charge in [0, 0.05) is 89.1 Å². The highest BCUT2D eigenvalue weighted by atomic mass is 15.1. The topological polar surface area (TPSA) is 71.3 Å². The fraction of sp³-hybridized carbons (Fsp3) is 0. The number of rotatable bonds is 10. The molecule has 0 N–H and O–H groups in total. The molecule has 0 aliphatic rings. The van der Waals surface area contributed by atoms with Crippen LogP contribution in [0.5, 0.6) is 0 Å². The molecule has 0 fully saturated rings. The summed E-state index contributed by atoms with van der Waals surface area (Å²) in [5.74, 6) is 0.876. The van der Waals surface area contributed by atoms with Crippen LogP contribution in [0.25, 0.3) is 199 Å². The molecule has 0 aliphatic carbocycles. The molecule has 0 saturated heterocycles. The predicted molar refractivity (Wildman–Crippen MR) is 449 cm³/mol. The van der Waals surface area contributed by atoms with Gasteiger partial charge in [0.1, 0.15) is 5.82 Å². The number of benzene rings is 14. The van der Waals surface area contributed by atoms with Gasteiger partial charge in [-0.25, -0.2) is 4.98 Å². The molecule has 0 unspecified atom stereocenters. The molecular formula is C100H64N8. The molecule has 504 valence electrons. The van der Waals surface area contributed by atoms with Crippen LogP contribution < -0.4 is 0 Å². The second-order valence-electron chi connectivity index (χ2n) is 27.8. The summed E-state index contributed by atoms with van der Waals surface area (Å²) in [7, 11) is 0. The lowest BCUT2D eigenvalue weighted by Crippen LogP contribution is -1.98. The highest BCUT2D eigenvalue weighted by molar-refractivity contribution is 6.15. The van der Waals surface area contributed by atoms with Gasteiger partial charge in [-0.2, -0.15) is 0 Å². The number of fused-ring (bicyclic) bond motifs is 14. The molecule has 0 saturated carbocycles. The molecule has 0 aliphatic heterocycles. The Hall–Kier alpha value is -14.6. The van der Waals surface area contributed by atoms with E-state index in [0.29, 0.717) is 0 Å². The minimum atomic E-state index is 0.876. The lowest BCUT2D eigenvalue weighted by molar-refractivity contribution is 1.08. The van der Waals surface area contributed by atoms with Gasteiger partial charge in [0.25, 0.3) is 0 Å². The SMILES string of the molecule is c1ccc(-c2ccc(-c3ccc(-n4c5ccccc5c5cc(-c6ccc7c(c6)c6ccccc6n7-c6ccc7ccccc7c6)ccc54)cn3)cn2)cc1.c1ccc(-c2ccc(-c3cccc(-n4c5ccccc5c5cc(-c6ccc7c(c6)c6ccccc6n7-c6ccc7ccccc7c6)ccc54)n3)cn2)cc1. The molecule has 8 heterocycles. The Balaban J connectivity index is 0.000000138. The lowest BCUT2D eigenvalue weighted by Gasteiger charge is -2.10. The molecule has 22 aromatic rings. The largest absolute Gasteiger partial charge is 0.309 e. The van der Waals surface area contributed by atoms with E-state index in [2.05, 4.69) is 352 Å². The van der Waals surface area contributed by atoms with Crippen LogP contribution in [0, 0.1) is 0 Å². The third kappa shape index (κ3) is 10.6. The van der Waals surface area contributed by atoms with E-state index in [-0.39, 0.29) is 0 Å². The molecule has 0 amide bonds. The first-order valence-corrected chi connectivity index (χ1v) is 36.6. The van der Waals surface area contributed by atoms with Gasteiger partial charge in [0.05, 0.1) is 78.8 Å². The van der Waals surface area contributed by atoms with Crippen LogP contribution in [0.3, 0.4) is 0 Å². The summed E-state index contributed by atoms with van der Waals surface area (Å²) >= 11 is 0. The first kappa shape index (κ1) is 62.0. The number of aromatic nitrogens is 8. The normalized spacial score (nSPS) is 11.7. The molecule has 8 aromatic heterocycles. The van der Waals surface area contributed by atoms with Crippen molar-refractivity contribution in [1.82, 2.24) is 38.2 Å². The zero-order valence-electron chi connectivity index (χ0n) is 58.5. The summed E-state index contributed by atoms with van der Waals surface area (Å²) in [5.41, 5.74) is 25.3. The summed E-state index contributed by atoms with van der Waals surface area (Å²) in [6.45, 7) is 0. The molecule has 0 radical (unpaired) electrons. The molecule has 14 aromatic carbocycles. The summed E-state index contributed by atoms with van der Waals surface area (Å²) in [4.78, 5) is 19.6. The molecule has 0 bridgehead atoms.